The first kappa shape index (κ1) is 9.71. The van der Waals surface area contributed by atoms with Crippen molar-refractivity contribution >= 4 is 11.3 Å². The molecule has 0 amide bonds. The molecule has 2 atom stereocenters. The summed E-state index contributed by atoms with van der Waals surface area (Å²) in [6, 6.07) is 1.84. The molecule has 0 saturated carbocycles. The molecule has 0 aliphatic rings. The molecule has 0 aliphatic heterocycles. The van der Waals surface area contributed by atoms with Gasteiger partial charge < -0.3 is 10.2 Å². The Bertz CT molecular complexity index is 208. The first-order valence-corrected chi connectivity index (χ1v) is 5.08. The van der Waals surface area contributed by atoms with E-state index in [9.17, 15) is 10.2 Å². The van der Waals surface area contributed by atoms with Gasteiger partial charge in [0, 0.05) is 0 Å². The maximum Gasteiger partial charge on any atom is 0.106 e. The van der Waals surface area contributed by atoms with E-state index in [1.165, 1.54) is 11.3 Å². The summed E-state index contributed by atoms with van der Waals surface area (Å²) in [5.74, 6) is 0. The number of hydrogen-bond donors (Lipinski definition) is 2. The highest BCUT2D eigenvalue weighted by molar-refractivity contribution is 7.07. The van der Waals surface area contributed by atoms with E-state index < -0.39 is 12.2 Å². The van der Waals surface area contributed by atoms with Crippen molar-refractivity contribution < 1.29 is 10.2 Å². The number of aliphatic hydroxyl groups excluding tert-OH is 2. The number of thiophene rings is 1. The zero-order valence-electron chi connectivity index (χ0n) is 7.10. The predicted molar refractivity (Wildman–Crippen MR) is 50.2 cm³/mol. The molecule has 0 aromatic carbocycles. The summed E-state index contributed by atoms with van der Waals surface area (Å²) < 4.78 is 0. The highest BCUT2D eigenvalue weighted by Gasteiger charge is 2.16. The molecule has 0 aliphatic carbocycles. The number of hydrogen-bond acceptors (Lipinski definition) is 3. The molecule has 0 bridgehead atoms. The monoisotopic (exact) mass is 186 g/mol. The summed E-state index contributed by atoms with van der Waals surface area (Å²) in [6.45, 7) is 1.99. The molecule has 12 heavy (non-hydrogen) atoms. The molecule has 3 heteroatoms. The van der Waals surface area contributed by atoms with Crippen LogP contribution in [0.5, 0.6) is 0 Å². The molecule has 2 nitrogen and oxygen atoms in total. The van der Waals surface area contributed by atoms with Crippen molar-refractivity contribution in [2.75, 3.05) is 0 Å². The lowest BCUT2D eigenvalue weighted by atomic mass is 10.0. The topological polar surface area (TPSA) is 40.5 Å². The van der Waals surface area contributed by atoms with Crippen molar-refractivity contribution in [1.82, 2.24) is 0 Å². The van der Waals surface area contributed by atoms with Crippen LogP contribution in [0, 0.1) is 0 Å². The molecule has 68 valence electrons. The number of aliphatic hydroxyl groups is 2. The van der Waals surface area contributed by atoms with E-state index in [4.69, 9.17) is 0 Å². The van der Waals surface area contributed by atoms with Crippen LogP contribution in [0.15, 0.2) is 16.8 Å². The van der Waals surface area contributed by atoms with Crippen molar-refractivity contribution in [3.8, 4) is 0 Å². The van der Waals surface area contributed by atoms with E-state index in [2.05, 4.69) is 0 Å². The normalized spacial score (nSPS) is 15.9. The van der Waals surface area contributed by atoms with E-state index in [0.717, 1.165) is 12.0 Å². The molecular weight excluding hydrogens is 172 g/mol. The van der Waals surface area contributed by atoms with Crippen LogP contribution in [-0.4, -0.2) is 16.3 Å². The average molecular weight is 186 g/mol. The highest BCUT2D eigenvalue weighted by Crippen LogP contribution is 2.21. The molecule has 0 spiro atoms. The Kier molecular flexibility index (Phi) is 3.72. The molecule has 1 aromatic rings. The summed E-state index contributed by atoms with van der Waals surface area (Å²) in [5.41, 5.74) is 0.820. The zero-order valence-corrected chi connectivity index (χ0v) is 7.92. The Morgan fingerprint density at radius 1 is 1.50 bits per heavy atom. The highest BCUT2D eigenvalue weighted by atomic mass is 32.1. The molecule has 1 heterocycles. The molecule has 1 aromatic heterocycles. The van der Waals surface area contributed by atoms with E-state index >= 15 is 0 Å². The molecule has 0 radical (unpaired) electrons. The van der Waals surface area contributed by atoms with E-state index in [1.807, 2.05) is 23.8 Å². The van der Waals surface area contributed by atoms with Gasteiger partial charge in [-0.15, -0.1) is 0 Å². The maximum atomic E-state index is 9.57. The van der Waals surface area contributed by atoms with Crippen LogP contribution in [0.4, 0.5) is 0 Å². The fourth-order valence-electron chi connectivity index (χ4n) is 1.12. The molecule has 0 saturated heterocycles. The summed E-state index contributed by atoms with van der Waals surface area (Å²) >= 11 is 1.53. The van der Waals surface area contributed by atoms with Gasteiger partial charge in [0.15, 0.2) is 0 Å². The Morgan fingerprint density at radius 2 is 2.25 bits per heavy atom. The van der Waals surface area contributed by atoms with E-state index in [0.29, 0.717) is 6.42 Å². The van der Waals surface area contributed by atoms with Gasteiger partial charge in [-0.05, 0) is 28.8 Å². The van der Waals surface area contributed by atoms with Gasteiger partial charge in [0.05, 0.1) is 6.10 Å². The lowest BCUT2D eigenvalue weighted by molar-refractivity contribution is 0.0133. The third-order valence-electron chi connectivity index (χ3n) is 1.83. The van der Waals surface area contributed by atoms with Crippen LogP contribution in [-0.2, 0) is 0 Å². The fraction of sp³-hybridized carbons (Fsp3) is 0.556. The lowest BCUT2D eigenvalue weighted by Crippen LogP contribution is -2.16. The zero-order chi connectivity index (χ0) is 8.97. The third kappa shape index (κ3) is 2.30. The van der Waals surface area contributed by atoms with Gasteiger partial charge >= 0.3 is 0 Å². The quantitative estimate of drug-likeness (QED) is 0.754. The minimum absolute atomic E-state index is 0.621. The maximum absolute atomic E-state index is 9.57. The van der Waals surface area contributed by atoms with Crippen LogP contribution < -0.4 is 0 Å². The van der Waals surface area contributed by atoms with Crippen molar-refractivity contribution in [2.24, 2.45) is 0 Å². The minimum atomic E-state index is -0.712. The summed E-state index contributed by atoms with van der Waals surface area (Å²) in [4.78, 5) is 0. The van der Waals surface area contributed by atoms with Crippen LogP contribution >= 0.6 is 11.3 Å². The second-order valence-electron chi connectivity index (χ2n) is 2.86. The standard InChI is InChI=1S/C9H14O2S/c1-2-3-8(10)9(11)7-4-5-12-6-7/h4-6,8-11H,2-3H2,1H3. The number of rotatable bonds is 4. The predicted octanol–water partition coefficient (Wildman–Crippen LogP) is 1.94. The van der Waals surface area contributed by atoms with Gasteiger partial charge in [0.25, 0.3) is 0 Å². The van der Waals surface area contributed by atoms with Crippen LogP contribution in [0.2, 0.25) is 0 Å². The van der Waals surface area contributed by atoms with Crippen LogP contribution in [0.3, 0.4) is 0 Å². The Labute approximate surface area is 76.5 Å². The van der Waals surface area contributed by atoms with Gasteiger partial charge in [-0.25, -0.2) is 0 Å². The SMILES string of the molecule is CCCC(O)C(O)c1ccsc1. The molecule has 2 N–H and O–H groups in total. The van der Waals surface area contributed by atoms with Gasteiger partial charge in [-0.2, -0.15) is 11.3 Å². The second-order valence-corrected chi connectivity index (χ2v) is 3.64. The Hall–Kier alpha value is -0.380. The third-order valence-corrected chi connectivity index (χ3v) is 2.54. The van der Waals surface area contributed by atoms with Gasteiger partial charge in [-0.1, -0.05) is 13.3 Å². The van der Waals surface area contributed by atoms with Gasteiger partial charge in [0.1, 0.15) is 6.10 Å². The van der Waals surface area contributed by atoms with Crippen molar-refractivity contribution in [1.29, 1.82) is 0 Å². The largest absolute Gasteiger partial charge is 0.390 e. The van der Waals surface area contributed by atoms with Gasteiger partial charge in [-0.3, -0.25) is 0 Å². The van der Waals surface area contributed by atoms with Gasteiger partial charge in [0.2, 0.25) is 0 Å². The first-order valence-electron chi connectivity index (χ1n) is 4.14. The van der Waals surface area contributed by atoms with Crippen molar-refractivity contribution in [2.45, 2.75) is 32.0 Å². The van der Waals surface area contributed by atoms with Crippen molar-refractivity contribution in [3.05, 3.63) is 22.4 Å². The minimum Gasteiger partial charge on any atom is -0.390 e. The van der Waals surface area contributed by atoms with Crippen LogP contribution in [0.25, 0.3) is 0 Å². The summed E-state index contributed by atoms with van der Waals surface area (Å²) in [7, 11) is 0. The summed E-state index contributed by atoms with van der Waals surface area (Å²) in [6.07, 6.45) is 0.208. The molecule has 0 fully saturated rings. The Balaban J connectivity index is 2.53. The van der Waals surface area contributed by atoms with E-state index in [1.54, 1.807) is 0 Å². The second kappa shape index (κ2) is 4.60. The molecular formula is C9H14O2S. The first-order chi connectivity index (χ1) is 5.75. The molecule has 2 unspecified atom stereocenters. The smallest absolute Gasteiger partial charge is 0.106 e. The van der Waals surface area contributed by atoms with Crippen molar-refractivity contribution in [3.63, 3.8) is 0 Å². The summed E-state index contributed by atoms with van der Waals surface area (Å²) in [5, 5.41) is 22.8. The average Bonchev–Trinajstić information content (AvgIpc) is 2.55. The lowest BCUT2D eigenvalue weighted by Gasteiger charge is -2.15. The Morgan fingerprint density at radius 3 is 2.75 bits per heavy atom. The molecule has 1 rings (SSSR count). The fourth-order valence-corrected chi connectivity index (χ4v) is 1.81. The van der Waals surface area contributed by atoms with Crippen LogP contribution in [0.1, 0.15) is 31.4 Å². The van der Waals surface area contributed by atoms with E-state index in [-0.39, 0.29) is 0 Å².